The molecule has 0 unspecified atom stereocenters. The summed E-state index contributed by atoms with van der Waals surface area (Å²) in [6, 6.07) is 9.31. The van der Waals surface area contributed by atoms with E-state index in [1.54, 1.807) is 18.0 Å². The minimum atomic E-state index is -0.262. The third kappa shape index (κ3) is 4.07. The van der Waals surface area contributed by atoms with Crippen molar-refractivity contribution in [3.8, 4) is 17.0 Å². The number of carbonyl (C=O) groups excluding carboxylic acids is 1. The third-order valence-corrected chi connectivity index (χ3v) is 4.73. The van der Waals surface area contributed by atoms with Gasteiger partial charge in [-0.15, -0.1) is 5.10 Å². The third-order valence-electron chi connectivity index (χ3n) is 4.73. The number of methoxy groups -OCH3 is 1. The maximum Gasteiger partial charge on any atom is 0.223 e. The number of carbonyl (C=O) groups is 1. The zero-order valence-electron chi connectivity index (χ0n) is 16.1. The summed E-state index contributed by atoms with van der Waals surface area (Å²) in [4.78, 5) is 21.3. The predicted octanol–water partition coefficient (Wildman–Crippen LogP) is 3.41. The molecule has 1 N–H and O–H groups in total. The second kappa shape index (κ2) is 8.16. The van der Waals surface area contributed by atoms with Gasteiger partial charge < -0.3 is 10.1 Å². The molecule has 0 aliphatic rings. The largest absolute Gasteiger partial charge is 0.497 e. The summed E-state index contributed by atoms with van der Waals surface area (Å²) in [5.41, 5.74) is 2.46. The second-order valence-corrected chi connectivity index (χ2v) is 6.52. The first-order chi connectivity index (χ1) is 13.0. The number of nitrogens with zero attached hydrogens (tertiary/aromatic N) is 4. The molecule has 7 heteroatoms. The fraction of sp³-hybridized carbons (Fsp3) is 0.400. The molecule has 142 valence electrons. The van der Waals surface area contributed by atoms with Crippen LogP contribution in [0.15, 0.2) is 36.7 Å². The Morgan fingerprint density at radius 1 is 1.22 bits per heavy atom. The van der Waals surface area contributed by atoms with Gasteiger partial charge in [0.1, 0.15) is 12.1 Å². The van der Waals surface area contributed by atoms with Gasteiger partial charge in [0.05, 0.1) is 18.8 Å². The zero-order valence-corrected chi connectivity index (χ0v) is 16.1. The van der Waals surface area contributed by atoms with Crippen molar-refractivity contribution >= 4 is 11.6 Å². The molecule has 0 bridgehead atoms. The monoisotopic (exact) mass is 367 g/mol. The average molecular weight is 367 g/mol. The predicted molar refractivity (Wildman–Crippen MR) is 103 cm³/mol. The van der Waals surface area contributed by atoms with Crippen LogP contribution in [0.2, 0.25) is 0 Å². The molecule has 0 saturated heterocycles. The lowest BCUT2D eigenvalue weighted by Crippen LogP contribution is -2.32. The van der Waals surface area contributed by atoms with Crippen LogP contribution < -0.4 is 10.1 Å². The number of benzene rings is 1. The van der Waals surface area contributed by atoms with Crippen LogP contribution in [-0.2, 0) is 4.79 Å². The highest BCUT2D eigenvalue weighted by Crippen LogP contribution is 2.22. The molecule has 2 heterocycles. The molecular formula is C20H25N5O2. The van der Waals surface area contributed by atoms with Gasteiger partial charge in [0.25, 0.3) is 0 Å². The van der Waals surface area contributed by atoms with Gasteiger partial charge in [0, 0.05) is 17.5 Å². The minimum absolute atomic E-state index is 0.0211. The smallest absolute Gasteiger partial charge is 0.223 e. The van der Waals surface area contributed by atoms with Crippen molar-refractivity contribution in [1.82, 2.24) is 24.9 Å². The van der Waals surface area contributed by atoms with Gasteiger partial charge in [-0.25, -0.2) is 14.5 Å². The fourth-order valence-corrected chi connectivity index (χ4v) is 2.97. The molecule has 3 rings (SSSR count). The van der Waals surface area contributed by atoms with E-state index < -0.39 is 0 Å². The van der Waals surface area contributed by atoms with Crippen LogP contribution in [0.4, 0.5) is 0 Å². The molecule has 1 amide bonds. The molecule has 3 aromatic rings. The number of nitrogens with one attached hydrogen (secondary N) is 1. The number of ether oxygens (including phenoxy) is 1. The number of hydrogen-bond donors (Lipinski definition) is 1. The van der Waals surface area contributed by atoms with E-state index >= 15 is 0 Å². The van der Waals surface area contributed by atoms with Crippen LogP contribution in [0.5, 0.6) is 5.75 Å². The van der Waals surface area contributed by atoms with Crippen molar-refractivity contribution < 1.29 is 9.53 Å². The first kappa shape index (κ1) is 18.8. The van der Waals surface area contributed by atoms with Gasteiger partial charge in [-0.3, -0.25) is 4.79 Å². The van der Waals surface area contributed by atoms with Gasteiger partial charge in [0.2, 0.25) is 5.91 Å². The molecule has 0 spiro atoms. The number of hydrogen-bond acceptors (Lipinski definition) is 5. The lowest BCUT2D eigenvalue weighted by atomic mass is 10.0. The van der Waals surface area contributed by atoms with E-state index in [4.69, 9.17) is 4.74 Å². The van der Waals surface area contributed by atoms with Crippen molar-refractivity contribution in [2.24, 2.45) is 5.92 Å². The molecule has 1 atom stereocenters. The standard InChI is InChI=1S/C20H25N5O2/c1-5-14(6-2)20(26)22-13(3)19-23-18-11-17(21-12-25(18)24-19)15-7-9-16(27-4)10-8-15/h7-14H,5-6H2,1-4H3,(H,22,26)/t13-/m0/s1. The highest BCUT2D eigenvalue weighted by Gasteiger charge is 2.20. The van der Waals surface area contributed by atoms with E-state index in [1.807, 2.05) is 51.1 Å². The summed E-state index contributed by atoms with van der Waals surface area (Å²) in [6.07, 6.45) is 3.28. The number of rotatable bonds is 7. The van der Waals surface area contributed by atoms with Crippen LogP contribution in [0.3, 0.4) is 0 Å². The second-order valence-electron chi connectivity index (χ2n) is 6.52. The molecule has 27 heavy (non-hydrogen) atoms. The number of amides is 1. The first-order valence-electron chi connectivity index (χ1n) is 9.22. The maximum atomic E-state index is 12.3. The molecule has 0 aliphatic carbocycles. The van der Waals surface area contributed by atoms with E-state index in [9.17, 15) is 4.79 Å². The van der Waals surface area contributed by atoms with E-state index in [0.717, 1.165) is 29.8 Å². The Bertz CT molecular complexity index is 916. The van der Waals surface area contributed by atoms with Gasteiger partial charge >= 0.3 is 0 Å². The van der Waals surface area contributed by atoms with Gasteiger partial charge in [0.15, 0.2) is 11.5 Å². The number of aromatic nitrogens is 4. The highest BCUT2D eigenvalue weighted by atomic mass is 16.5. The van der Waals surface area contributed by atoms with E-state index in [1.165, 1.54) is 0 Å². The Hall–Kier alpha value is -2.96. The summed E-state index contributed by atoms with van der Waals surface area (Å²) in [5.74, 6) is 1.44. The quantitative estimate of drug-likeness (QED) is 0.692. The molecule has 0 fully saturated rings. The van der Waals surface area contributed by atoms with Crippen LogP contribution in [0.25, 0.3) is 16.9 Å². The number of fused-ring (bicyclic) bond motifs is 1. The normalized spacial score (nSPS) is 12.3. The lowest BCUT2D eigenvalue weighted by molar-refractivity contribution is -0.125. The van der Waals surface area contributed by atoms with E-state index in [-0.39, 0.29) is 17.9 Å². The summed E-state index contributed by atoms with van der Waals surface area (Å²) >= 11 is 0. The van der Waals surface area contributed by atoms with E-state index in [0.29, 0.717) is 11.5 Å². The van der Waals surface area contributed by atoms with Gasteiger partial charge in [-0.1, -0.05) is 13.8 Å². The fourth-order valence-electron chi connectivity index (χ4n) is 2.97. The van der Waals surface area contributed by atoms with Gasteiger partial charge in [-0.05, 0) is 44.0 Å². The zero-order chi connectivity index (χ0) is 19.4. The Morgan fingerprint density at radius 3 is 2.56 bits per heavy atom. The topological polar surface area (TPSA) is 81.4 Å². The summed E-state index contributed by atoms with van der Waals surface area (Å²) in [7, 11) is 1.64. The molecular weight excluding hydrogens is 342 g/mol. The molecule has 0 aliphatic heterocycles. The van der Waals surface area contributed by atoms with Crippen LogP contribution in [-0.4, -0.2) is 32.6 Å². The van der Waals surface area contributed by atoms with Crippen molar-refractivity contribution in [3.05, 3.63) is 42.5 Å². The highest BCUT2D eigenvalue weighted by molar-refractivity contribution is 5.78. The molecule has 0 saturated carbocycles. The van der Waals surface area contributed by atoms with Crippen LogP contribution >= 0.6 is 0 Å². The Labute approximate surface area is 158 Å². The Kier molecular flexibility index (Phi) is 5.69. The minimum Gasteiger partial charge on any atom is -0.497 e. The van der Waals surface area contributed by atoms with Crippen molar-refractivity contribution in [3.63, 3.8) is 0 Å². The SMILES string of the molecule is CCC(CC)C(=O)N[C@@H](C)c1nc2cc(-c3ccc(OC)cc3)ncn2n1. The lowest BCUT2D eigenvalue weighted by Gasteiger charge is -2.15. The Morgan fingerprint density at radius 2 is 1.93 bits per heavy atom. The molecule has 7 nitrogen and oxygen atoms in total. The summed E-state index contributed by atoms with van der Waals surface area (Å²) < 4.78 is 6.82. The Balaban J connectivity index is 1.81. The summed E-state index contributed by atoms with van der Waals surface area (Å²) in [6.45, 7) is 5.94. The van der Waals surface area contributed by atoms with Gasteiger partial charge in [-0.2, -0.15) is 0 Å². The van der Waals surface area contributed by atoms with E-state index in [2.05, 4.69) is 20.4 Å². The average Bonchev–Trinajstić information content (AvgIpc) is 3.12. The molecule has 1 aromatic carbocycles. The van der Waals surface area contributed by atoms with Crippen LogP contribution in [0, 0.1) is 5.92 Å². The maximum absolute atomic E-state index is 12.3. The van der Waals surface area contributed by atoms with Crippen molar-refractivity contribution in [2.75, 3.05) is 7.11 Å². The molecule has 0 radical (unpaired) electrons. The first-order valence-corrected chi connectivity index (χ1v) is 9.22. The summed E-state index contributed by atoms with van der Waals surface area (Å²) in [5, 5.41) is 7.45. The molecule has 2 aromatic heterocycles. The van der Waals surface area contributed by atoms with Crippen molar-refractivity contribution in [2.45, 2.75) is 39.7 Å². The van der Waals surface area contributed by atoms with Crippen LogP contribution in [0.1, 0.15) is 45.5 Å². The van der Waals surface area contributed by atoms with Crippen molar-refractivity contribution in [1.29, 1.82) is 0 Å².